The van der Waals surface area contributed by atoms with Crippen LogP contribution in [0.3, 0.4) is 0 Å². The highest BCUT2D eigenvalue weighted by Crippen LogP contribution is 2.38. The van der Waals surface area contributed by atoms with Crippen molar-refractivity contribution in [3.8, 4) is 0 Å². The van der Waals surface area contributed by atoms with E-state index in [9.17, 15) is 9.18 Å². The number of hydrogen-bond acceptors (Lipinski definition) is 4. The van der Waals surface area contributed by atoms with Gasteiger partial charge in [0.15, 0.2) is 0 Å². The number of nitrogens with zero attached hydrogens (tertiary/aromatic N) is 2. The van der Waals surface area contributed by atoms with Gasteiger partial charge in [0.2, 0.25) is 5.91 Å². The molecule has 6 heteroatoms. The van der Waals surface area contributed by atoms with Crippen molar-refractivity contribution >= 4 is 11.7 Å². The quantitative estimate of drug-likeness (QED) is 0.591. The van der Waals surface area contributed by atoms with Gasteiger partial charge >= 0.3 is 0 Å². The topological polar surface area (TPSA) is 66.9 Å². The van der Waals surface area contributed by atoms with Crippen molar-refractivity contribution in [1.82, 2.24) is 15.3 Å². The number of amides is 1. The van der Waals surface area contributed by atoms with E-state index >= 15 is 0 Å². The summed E-state index contributed by atoms with van der Waals surface area (Å²) in [6.07, 6.45) is 2.76. The minimum atomic E-state index is -0.368. The molecule has 3 aromatic rings. The molecule has 1 aliphatic carbocycles. The molecule has 1 amide bonds. The fourth-order valence-electron chi connectivity index (χ4n) is 3.48. The molecule has 2 N–H and O–H groups in total. The van der Waals surface area contributed by atoms with Crippen LogP contribution in [0.15, 0.2) is 60.7 Å². The molecular formula is C24H25FN4O. The molecule has 1 heterocycles. The summed E-state index contributed by atoms with van der Waals surface area (Å²) < 4.78 is 14.0. The van der Waals surface area contributed by atoms with Crippen molar-refractivity contribution in [2.75, 3.05) is 12.4 Å². The predicted molar refractivity (Wildman–Crippen MR) is 115 cm³/mol. The summed E-state index contributed by atoms with van der Waals surface area (Å²) in [5, 5.41) is 6.18. The molecule has 0 radical (unpaired) electrons. The summed E-state index contributed by atoms with van der Waals surface area (Å²) in [6, 6.07) is 17.8. The molecular weight excluding hydrogens is 379 g/mol. The van der Waals surface area contributed by atoms with Crippen molar-refractivity contribution in [2.45, 2.75) is 37.6 Å². The Morgan fingerprint density at radius 3 is 2.53 bits per heavy atom. The third-order valence-electron chi connectivity index (χ3n) is 5.25. The molecule has 1 atom stereocenters. The van der Waals surface area contributed by atoms with Crippen LogP contribution in [0, 0.1) is 5.82 Å². The summed E-state index contributed by atoms with van der Waals surface area (Å²) in [5.74, 6) is 1.49. The first-order valence-corrected chi connectivity index (χ1v) is 10.3. The number of hydrogen-bond donors (Lipinski definition) is 2. The lowest BCUT2D eigenvalue weighted by molar-refractivity contribution is -0.121. The molecule has 154 valence electrons. The molecule has 4 rings (SSSR count). The van der Waals surface area contributed by atoms with Crippen LogP contribution >= 0.6 is 0 Å². The first kappa shape index (κ1) is 20.0. The normalized spacial score (nSPS) is 14.2. The molecule has 1 saturated carbocycles. The van der Waals surface area contributed by atoms with Crippen LogP contribution in [-0.2, 0) is 17.6 Å². The zero-order chi connectivity index (χ0) is 20.9. The van der Waals surface area contributed by atoms with Crippen molar-refractivity contribution in [3.63, 3.8) is 0 Å². The van der Waals surface area contributed by atoms with Crippen molar-refractivity contribution in [3.05, 3.63) is 89.1 Å². The number of carbonyl (C=O) groups is 1. The summed E-state index contributed by atoms with van der Waals surface area (Å²) >= 11 is 0. The standard InChI is InChI=1S/C24H25FN4O/c1-26-22-15-19(27-24(29-22)17-11-12-17)14-21(16-7-3-2-4-8-16)28-23(30)13-18-9-5-6-10-20(18)25/h2-10,15,17,21H,11-14H2,1H3,(H,28,30)(H,26,27,29)/t21-/m1/s1. The molecule has 0 unspecified atom stereocenters. The molecule has 1 aliphatic rings. The first-order chi connectivity index (χ1) is 14.6. The Bertz CT molecular complexity index is 1020. The van der Waals surface area contributed by atoms with Crippen molar-refractivity contribution in [2.24, 2.45) is 0 Å². The molecule has 30 heavy (non-hydrogen) atoms. The predicted octanol–water partition coefficient (Wildman–Crippen LogP) is 4.18. The van der Waals surface area contributed by atoms with Gasteiger partial charge < -0.3 is 10.6 Å². The zero-order valence-electron chi connectivity index (χ0n) is 16.9. The lowest BCUT2D eigenvalue weighted by Crippen LogP contribution is -2.31. The SMILES string of the molecule is CNc1cc(C[C@@H](NC(=O)Cc2ccccc2F)c2ccccc2)nc(C2CC2)n1. The Kier molecular flexibility index (Phi) is 6.02. The fourth-order valence-corrected chi connectivity index (χ4v) is 3.48. The van der Waals surface area contributed by atoms with Gasteiger partial charge in [0.25, 0.3) is 0 Å². The maximum absolute atomic E-state index is 14.0. The number of carbonyl (C=O) groups excluding carboxylic acids is 1. The van der Waals surface area contributed by atoms with E-state index in [0.29, 0.717) is 17.9 Å². The molecule has 5 nitrogen and oxygen atoms in total. The Morgan fingerprint density at radius 2 is 1.83 bits per heavy atom. The average molecular weight is 404 g/mol. The van der Waals surface area contributed by atoms with Crippen LogP contribution in [0.25, 0.3) is 0 Å². The molecule has 1 aromatic heterocycles. The van der Waals surface area contributed by atoms with Crippen molar-refractivity contribution < 1.29 is 9.18 Å². The number of halogens is 1. The van der Waals surface area contributed by atoms with Gasteiger partial charge in [-0.2, -0.15) is 0 Å². The summed E-state index contributed by atoms with van der Waals surface area (Å²) in [4.78, 5) is 22.0. The molecule has 0 saturated heterocycles. The van der Waals surface area contributed by atoms with E-state index in [0.717, 1.165) is 35.7 Å². The molecule has 0 spiro atoms. The monoisotopic (exact) mass is 404 g/mol. The van der Waals surface area contributed by atoms with E-state index in [4.69, 9.17) is 4.98 Å². The van der Waals surface area contributed by atoms with Crippen molar-refractivity contribution in [1.29, 1.82) is 0 Å². The van der Waals surface area contributed by atoms with Crippen LogP contribution in [0.4, 0.5) is 10.2 Å². The second-order valence-electron chi connectivity index (χ2n) is 7.63. The maximum Gasteiger partial charge on any atom is 0.225 e. The lowest BCUT2D eigenvalue weighted by atomic mass is 10.0. The van der Waals surface area contributed by atoms with Crippen LogP contribution in [-0.4, -0.2) is 22.9 Å². The summed E-state index contributed by atoms with van der Waals surface area (Å²) in [7, 11) is 1.84. The Balaban J connectivity index is 1.56. The Labute approximate surface area is 175 Å². The van der Waals surface area contributed by atoms with E-state index in [1.807, 2.05) is 43.4 Å². The van der Waals surface area contributed by atoms with Gasteiger partial charge in [-0.25, -0.2) is 14.4 Å². The van der Waals surface area contributed by atoms with E-state index in [1.54, 1.807) is 18.2 Å². The maximum atomic E-state index is 14.0. The highest BCUT2D eigenvalue weighted by atomic mass is 19.1. The summed E-state index contributed by atoms with van der Waals surface area (Å²) in [5.41, 5.74) is 2.24. The third kappa shape index (κ3) is 5.00. The van der Waals surface area contributed by atoms with E-state index < -0.39 is 0 Å². The van der Waals surface area contributed by atoms with E-state index in [-0.39, 0.29) is 24.2 Å². The highest BCUT2D eigenvalue weighted by molar-refractivity contribution is 5.79. The molecule has 0 bridgehead atoms. The van der Waals surface area contributed by atoms with Gasteiger partial charge in [-0.1, -0.05) is 48.5 Å². The second-order valence-corrected chi connectivity index (χ2v) is 7.63. The Hall–Kier alpha value is -3.28. The van der Waals surface area contributed by atoms with Gasteiger partial charge in [0.1, 0.15) is 17.5 Å². The number of rotatable bonds is 8. The number of nitrogens with one attached hydrogen (secondary N) is 2. The number of benzene rings is 2. The van der Waals surface area contributed by atoms with Gasteiger partial charge in [0.05, 0.1) is 12.5 Å². The smallest absolute Gasteiger partial charge is 0.225 e. The van der Waals surface area contributed by atoms with Crippen LogP contribution in [0.5, 0.6) is 0 Å². The van der Waals surface area contributed by atoms with E-state index in [2.05, 4.69) is 15.6 Å². The highest BCUT2D eigenvalue weighted by Gasteiger charge is 2.28. The van der Waals surface area contributed by atoms with Crippen LogP contribution in [0.1, 0.15) is 47.4 Å². The average Bonchev–Trinajstić information content (AvgIpc) is 3.61. The number of anilines is 1. The third-order valence-corrected chi connectivity index (χ3v) is 5.25. The fraction of sp³-hybridized carbons (Fsp3) is 0.292. The van der Waals surface area contributed by atoms with Gasteiger partial charge in [0, 0.05) is 31.1 Å². The minimum Gasteiger partial charge on any atom is -0.373 e. The number of aromatic nitrogens is 2. The lowest BCUT2D eigenvalue weighted by Gasteiger charge is -2.20. The van der Waals surface area contributed by atoms with Crippen LogP contribution < -0.4 is 10.6 Å². The summed E-state index contributed by atoms with van der Waals surface area (Å²) in [6.45, 7) is 0. The molecule has 2 aromatic carbocycles. The van der Waals surface area contributed by atoms with Gasteiger partial charge in [-0.3, -0.25) is 4.79 Å². The zero-order valence-corrected chi connectivity index (χ0v) is 16.9. The van der Waals surface area contributed by atoms with Crippen LogP contribution in [0.2, 0.25) is 0 Å². The van der Waals surface area contributed by atoms with Gasteiger partial charge in [-0.05, 0) is 30.0 Å². The van der Waals surface area contributed by atoms with E-state index in [1.165, 1.54) is 6.07 Å². The molecule has 0 aliphatic heterocycles. The first-order valence-electron chi connectivity index (χ1n) is 10.3. The molecule has 1 fully saturated rings. The van der Waals surface area contributed by atoms with Gasteiger partial charge in [-0.15, -0.1) is 0 Å². The largest absolute Gasteiger partial charge is 0.373 e. The second kappa shape index (κ2) is 9.03. The Morgan fingerprint density at radius 1 is 1.10 bits per heavy atom. The minimum absolute atomic E-state index is 0.00509.